The lowest BCUT2D eigenvalue weighted by Crippen LogP contribution is -2.42. The van der Waals surface area contributed by atoms with Crippen molar-refractivity contribution in [1.29, 1.82) is 0 Å². The van der Waals surface area contributed by atoms with Gasteiger partial charge in [-0.3, -0.25) is 0 Å². The summed E-state index contributed by atoms with van der Waals surface area (Å²) in [5.74, 6) is 3.28. The van der Waals surface area contributed by atoms with Gasteiger partial charge in [-0.15, -0.1) is 11.3 Å². The summed E-state index contributed by atoms with van der Waals surface area (Å²) in [4.78, 5) is 1.53. The molecular weight excluding hydrogens is 274 g/mol. The number of nitrogens with one attached hydrogen (secondary N) is 1. The maximum atomic E-state index is 3.75. The number of thiophene rings is 1. The molecular formula is C19H33NS. The number of aryl methyl sites for hydroxylation is 1. The average molecular weight is 308 g/mol. The van der Waals surface area contributed by atoms with Crippen molar-refractivity contribution in [3.05, 3.63) is 21.9 Å². The van der Waals surface area contributed by atoms with E-state index < -0.39 is 0 Å². The average Bonchev–Trinajstić information content (AvgIpc) is 2.81. The number of hydrogen-bond donors (Lipinski definition) is 1. The highest BCUT2D eigenvalue weighted by atomic mass is 32.1. The van der Waals surface area contributed by atoms with E-state index in [1.807, 2.05) is 11.3 Å². The Morgan fingerprint density at radius 2 is 2.00 bits per heavy atom. The van der Waals surface area contributed by atoms with Gasteiger partial charge in [0, 0.05) is 10.4 Å². The lowest BCUT2D eigenvalue weighted by atomic mass is 9.68. The van der Waals surface area contributed by atoms with E-state index in [1.165, 1.54) is 24.1 Å². The fraction of sp³-hybridized carbons (Fsp3) is 0.789. The van der Waals surface area contributed by atoms with Crippen LogP contribution in [0.1, 0.15) is 70.2 Å². The molecule has 0 bridgehead atoms. The largest absolute Gasteiger partial charge is 0.312 e. The van der Waals surface area contributed by atoms with Crippen LogP contribution in [0.15, 0.2) is 11.4 Å². The van der Waals surface area contributed by atoms with Crippen molar-refractivity contribution in [2.45, 2.75) is 72.3 Å². The number of hydrogen-bond acceptors (Lipinski definition) is 2. The summed E-state index contributed by atoms with van der Waals surface area (Å²) < 4.78 is 0. The molecule has 1 aliphatic carbocycles. The van der Waals surface area contributed by atoms with Gasteiger partial charge in [-0.1, -0.05) is 13.8 Å². The summed E-state index contributed by atoms with van der Waals surface area (Å²) in [5.41, 5.74) is 1.86. The Balaban J connectivity index is 2.13. The van der Waals surface area contributed by atoms with Crippen LogP contribution in [0.3, 0.4) is 0 Å². The van der Waals surface area contributed by atoms with Crippen molar-refractivity contribution in [1.82, 2.24) is 5.32 Å². The van der Waals surface area contributed by atoms with Crippen LogP contribution >= 0.6 is 11.3 Å². The molecule has 0 radical (unpaired) electrons. The molecule has 3 atom stereocenters. The third kappa shape index (κ3) is 4.56. The van der Waals surface area contributed by atoms with E-state index in [0.717, 1.165) is 30.2 Å². The molecule has 1 fully saturated rings. The summed E-state index contributed by atoms with van der Waals surface area (Å²) in [6, 6.07) is 2.39. The Hall–Kier alpha value is -0.340. The predicted octanol–water partition coefficient (Wildman–Crippen LogP) is 5.60. The summed E-state index contributed by atoms with van der Waals surface area (Å²) >= 11 is 1.91. The molecule has 2 heteroatoms. The van der Waals surface area contributed by atoms with E-state index in [0.29, 0.717) is 0 Å². The summed E-state index contributed by atoms with van der Waals surface area (Å²) in [5, 5.41) is 6.03. The van der Waals surface area contributed by atoms with E-state index in [-0.39, 0.29) is 5.54 Å². The Morgan fingerprint density at radius 3 is 2.52 bits per heavy atom. The first-order valence-corrected chi connectivity index (χ1v) is 9.45. The van der Waals surface area contributed by atoms with Gasteiger partial charge >= 0.3 is 0 Å². The standard InChI is InChI=1S/C19H33NS/c1-13(2)15-7-8-16(12-20-19(4,5)6)18(11-15)17-9-10-21-14(17)3/h9-10,13,15-16,18,20H,7-8,11-12H2,1-6H3. The zero-order valence-electron chi connectivity index (χ0n) is 14.7. The zero-order valence-corrected chi connectivity index (χ0v) is 15.5. The quantitative estimate of drug-likeness (QED) is 0.763. The molecule has 0 aromatic carbocycles. The number of rotatable bonds is 4. The van der Waals surface area contributed by atoms with Gasteiger partial charge < -0.3 is 5.32 Å². The molecule has 0 aliphatic heterocycles. The predicted molar refractivity (Wildman–Crippen MR) is 95.2 cm³/mol. The molecule has 1 aromatic heterocycles. The monoisotopic (exact) mass is 307 g/mol. The van der Waals surface area contributed by atoms with Crippen LogP contribution in [0, 0.1) is 24.7 Å². The molecule has 2 rings (SSSR count). The van der Waals surface area contributed by atoms with Gasteiger partial charge in [0.1, 0.15) is 0 Å². The molecule has 1 aromatic rings. The lowest BCUT2D eigenvalue weighted by Gasteiger charge is -2.39. The van der Waals surface area contributed by atoms with Crippen LogP contribution in [0.4, 0.5) is 0 Å². The van der Waals surface area contributed by atoms with Crippen LogP contribution in [0.25, 0.3) is 0 Å². The minimum Gasteiger partial charge on any atom is -0.312 e. The van der Waals surface area contributed by atoms with Gasteiger partial charge in [0.2, 0.25) is 0 Å². The highest BCUT2D eigenvalue weighted by Gasteiger charge is 2.34. The van der Waals surface area contributed by atoms with Crippen molar-refractivity contribution in [2.75, 3.05) is 6.54 Å². The first kappa shape index (κ1) is 17.0. The molecule has 0 spiro atoms. The van der Waals surface area contributed by atoms with Crippen molar-refractivity contribution in [3.63, 3.8) is 0 Å². The first-order chi connectivity index (χ1) is 9.78. The Labute approximate surface area is 135 Å². The third-order valence-corrected chi connectivity index (χ3v) is 6.03. The second-order valence-electron chi connectivity index (χ2n) is 8.25. The molecule has 1 aliphatic rings. The minimum absolute atomic E-state index is 0.225. The van der Waals surface area contributed by atoms with Crippen LogP contribution < -0.4 is 5.32 Å². The Morgan fingerprint density at radius 1 is 1.29 bits per heavy atom. The van der Waals surface area contributed by atoms with Crippen LogP contribution in [-0.4, -0.2) is 12.1 Å². The van der Waals surface area contributed by atoms with Crippen molar-refractivity contribution >= 4 is 11.3 Å². The van der Waals surface area contributed by atoms with Crippen molar-refractivity contribution in [3.8, 4) is 0 Å². The van der Waals surface area contributed by atoms with Gasteiger partial charge in [0.15, 0.2) is 0 Å². The van der Waals surface area contributed by atoms with E-state index in [9.17, 15) is 0 Å². The van der Waals surface area contributed by atoms with Gasteiger partial charge in [0.25, 0.3) is 0 Å². The second kappa shape index (κ2) is 6.83. The van der Waals surface area contributed by atoms with Gasteiger partial charge in [-0.05, 0) is 94.2 Å². The molecule has 1 saturated carbocycles. The maximum absolute atomic E-state index is 3.75. The summed E-state index contributed by atoms with van der Waals surface area (Å²) in [6.45, 7) is 15.1. The highest BCUT2D eigenvalue weighted by Crippen LogP contribution is 2.44. The Kier molecular flexibility index (Phi) is 5.54. The topological polar surface area (TPSA) is 12.0 Å². The van der Waals surface area contributed by atoms with Gasteiger partial charge in [0.05, 0.1) is 0 Å². The van der Waals surface area contributed by atoms with Crippen LogP contribution in [0.5, 0.6) is 0 Å². The fourth-order valence-corrected chi connectivity index (χ4v) is 4.49. The fourth-order valence-electron chi connectivity index (χ4n) is 3.71. The molecule has 0 amide bonds. The third-order valence-electron chi connectivity index (χ3n) is 5.17. The highest BCUT2D eigenvalue weighted by molar-refractivity contribution is 7.10. The van der Waals surface area contributed by atoms with Gasteiger partial charge in [-0.2, -0.15) is 0 Å². The lowest BCUT2D eigenvalue weighted by molar-refractivity contribution is 0.182. The van der Waals surface area contributed by atoms with E-state index in [1.54, 1.807) is 5.56 Å². The first-order valence-electron chi connectivity index (χ1n) is 8.57. The molecule has 120 valence electrons. The smallest absolute Gasteiger partial charge is 0.00966 e. The van der Waals surface area contributed by atoms with Gasteiger partial charge in [-0.25, -0.2) is 0 Å². The normalized spacial score (nSPS) is 27.3. The second-order valence-corrected chi connectivity index (χ2v) is 9.37. The van der Waals surface area contributed by atoms with E-state index >= 15 is 0 Å². The summed E-state index contributed by atoms with van der Waals surface area (Å²) in [6.07, 6.45) is 4.17. The molecule has 1 heterocycles. The Bertz CT molecular complexity index is 441. The van der Waals surface area contributed by atoms with E-state index in [2.05, 4.69) is 58.3 Å². The maximum Gasteiger partial charge on any atom is 0.00966 e. The van der Waals surface area contributed by atoms with Crippen LogP contribution in [-0.2, 0) is 0 Å². The van der Waals surface area contributed by atoms with Crippen molar-refractivity contribution in [2.24, 2.45) is 17.8 Å². The SMILES string of the molecule is Cc1sccc1C1CC(C(C)C)CCC1CNC(C)(C)C. The zero-order chi connectivity index (χ0) is 15.6. The molecule has 0 saturated heterocycles. The minimum atomic E-state index is 0.225. The van der Waals surface area contributed by atoms with Crippen molar-refractivity contribution < 1.29 is 0 Å². The molecule has 21 heavy (non-hydrogen) atoms. The summed E-state index contributed by atoms with van der Waals surface area (Å²) in [7, 11) is 0. The molecule has 1 nitrogen and oxygen atoms in total. The van der Waals surface area contributed by atoms with E-state index in [4.69, 9.17) is 0 Å². The molecule has 1 N–H and O–H groups in total. The molecule has 3 unspecified atom stereocenters. The van der Waals surface area contributed by atoms with Crippen LogP contribution in [0.2, 0.25) is 0 Å².